The number of aliphatic hydroxyl groups is 6. The Balaban J connectivity index is 1.36. The summed E-state index contributed by atoms with van der Waals surface area (Å²) < 4.78 is 27.8. The van der Waals surface area contributed by atoms with Crippen LogP contribution in [0.4, 0.5) is 0 Å². The molecule has 0 spiro atoms. The third kappa shape index (κ3) is 5.61. The van der Waals surface area contributed by atoms with Gasteiger partial charge in [-0.2, -0.15) is 0 Å². The average Bonchev–Trinajstić information content (AvgIpc) is 2.95. The van der Waals surface area contributed by atoms with Gasteiger partial charge in [0.25, 0.3) is 0 Å². The molecule has 15 heteroatoms. The van der Waals surface area contributed by atoms with Gasteiger partial charge in [0.2, 0.25) is 6.29 Å². The number of ether oxygens (including phenoxy) is 4. The molecule has 3 unspecified atom stereocenters. The first-order valence-electron chi connectivity index (χ1n) is 12.9. The molecule has 2 aliphatic rings. The van der Waals surface area contributed by atoms with E-state index in [1.54, 1.807) is 0 Å². The Hall–Kier alpha value is -3.51. The van der Waals surface area contributed by atoms with E-state index in [-0.39, 0.29) is 33.8 Å². The summed E-state index contributed by atoms with van der Waals surface area (Å²) in [6.07, 6.45) is -15.1. The maximum absolute atomic E-state index is 12.7. The largest absolute Gasteiger partial charge is 0.507 e. The van der Waals surface area contributed by atoms with Crippen molar-refractivity contribution in [2.24, 2.45) is 0 Å². The van der Waals surface area contributed by atoms with Crippen LogP contribution >= 0.6 is 0 Å². The molecule has 0 aliphatic carbocycles. The van der Waals surface area contributed by atoms with Crippen LogP contribution in [0.15, 0.2) is 45.6 Å². The second-order valence-corrected chi connectivity index (χ2v) is 10.1. The van der Waals surface area contributed by atoms with Gasteiger partial charge in [-0.15, -0.1) is 0 Å². The summed E-state index contributed by atoms with van der Waals surface area (Å²) in [4.78, 5) is 12.7. The van der Waals surface area contributed by atoms with E-state index in [9.17, 15) is 50.8 Å². The van der Waals surface area contributed by atoms with Gasteiger partial charge in [-0.05, 0) is 25.1 Å². The first kappa shape index (κ1) is 30.0. The van der Waals surface area contributed by atoms with Gasteiger partial charge in [-0.25, -0.2) is 0 Å². The van der Waals surface area contributed by atoms with Crippen molar-refractivity contribution in [1.29, 1.82) is 0 Å². The highest BCUT2D eigenvalue weighted by atomic mass is 16.7. The lowest BCUT2D eigenvalue weighted by molar-refractivity contribution is -0.318. The van der Waals surface area contributed by atoms with E-state index in [0.29, 0.717) is 0 Å². The molecule has 1 aromatic heterocycles. The maximum atomic E-state index is 12.7. The standard InChI is InChI=1S/C27H30O15/c1-9-20(32)22(34)24(36)26(39-9)38-8-18-21(33)23(35)25(37)27(42-18)40-11-5-14(30)19-15(31)7-16(41-17(19)6-11)10-2-3-12(28)13(29)4-10/h2-7,9,18,20-30,32-37H,8H2,1H3/t9?,18-,20+,21-,22?,23+,24+,25?,26-,27-/m1/s1. The van der Waals surface area contributed by atoms with Gasteiger partial charge in [0.1, 0.15) is 71.0 Å². The molecule has 0 amide bonds. The fraction of sp³-hybridized carbons (Fsp3) is 0.444. The van der Waals surface area contributed by atoms with Crippen LogP contribution in [-0.2, 0) is 14.2 Å². The fourth-order valence-electron chi connectivity index (χ4n) is 4.76. The molecule has 9 N–H and O–H groups in total. The summed E-state index contributed by atoms with van der Waals surface area (Å²) in [5, 5.41) is 91.0. The third-order valence-electron chi connectivity index (χ3n) is 7.20. The Labute approximate surface area is 236 Å². The van der Waals surface area contributed by atoms with Crippen LogP contribution < -0.4 is 10.2 Å². The van der Waals surface area contributed by atoms with Crippen molar-refractivity contribution in [3.63, 3.8) is 0 Å². The van der Waals surface area contributed by atoms with Crippen molar-refractivity contribution in [1.82, 2.24) is 0 Å². The molecule has 15 nitrogen and oxygen atoms in total. The molecule has 2 aliphatic heterocycles. The summed E-state index contributed by atoms with van der Waals surface area (Å²) in [7, 11) is 0. The molecule has 228 valence electrons. The molecule has 2 saturated heterocycles. The van der Waals surface area contributed by atoms with Gasteiger partial charge in [-0.1, -0.05) is 0 Å². The lowest BCUT2D eigenvalue weighted by Crippen LogP contribution is -2.61. The van der Waals surface area contributed by atoms with E-state index in [1.807, 2.05) is 0 Å². The predicted molar refractivity (Wildman–Crippen MR) is 139 cm³/mol. The Bertz CT molecular complexity index is 1490. The van der Waals surface area contributed by atoms with E-state index in [0.717, 1.165) is 12.1 Å². The average molecular weight is 595 g/mol. The molecule has 2 fully saturated rings. The second kappa shape index (κ2) is 11.6. The minimum atomic E-state index is -1.79. The molecule has 2 aromatic carbocycles. The number of rotatable bonds is 6. The first-order valence-corrected chi connectivity index (χ1v) is 12.9. The van der Waals surface area contributed by atoms with E-state index in [1.165, 1.54) is 31.2 Å². The second-order valence-electron chi connectivity index (χ2n) is 10.1. The minimum absolute atomic E-state index is 0.0110. The van der Waals surface area contributed by atoms with Crippen molar-refractivity contribution in [2.45, 2.75) is 68.3 Å². The number of hydrogen-bond acceptors (Lipinski definition) is 15. The van der Waals surface area contributed by atoms with E-state index < -0.39 is 84.9 Å². The molecule has 0 saturated carbocycles. The van der Waals surface area contributed by atoms with Crippen molar-refractivity contribution >= 4 is 11.0 Å². The third-order valence-corrected chi connectivity index (χ3v) is 7.20. The monoisotopic (exact) mass is 594 g/mol. The van der Waals surface area contributed by atoms with Gasteiger partial charge < -0.3 is 69.3 Å². The Morgan fingerprint density at radius 2 is 1.43 bits per heavy atom. The quantitative estimate of drug-likeness (QED) is 0.149. The van der Waals surface area contributed by atoms with Crippen LogP contribution in [0.1, 0.15) is 6.92 Å². The van der Waals surface area contributed by atoms with Crippen LogP contribution in [0.2, 0.25) is 0 Å². The summed E-state index contributed by atoms with van der Waals surface area (Å²) in [5.74, 6) is -1.56. The number of aliphatic hydroxyl groups excluding tert-OH is 6. The molecule has 42 heavy (non-hydrogen) atoms. The number of fused-ring (bicyclic) bond motifs is 1. The molecule has 5 rings (SSSR count). The summed E-state index contributed by atoms with van der Waals surface area (Å²) in [6.45, 7) is 0.938. The molecular weight excluding hydrogens is 564 g/mol. The molecule has 3 heterocycles. The highest BCUT2D eigenvalue weighted by Gasteiger charge is 2.47. The molecule has 0 radical (unpaired) electrons. The molecule has 10 atom stereocenters. The van der Waals surface area contributed by atoms with E-state index in [2.05, 4.69) is 0 Å². The molecular formula is C27H30O15. The van der Waals surface area contributed by atoms with Crippen LogP contribution in [0.25, 0.3) is 22.3 Å². The maximum Gasteiger partial charge on any atom is 0.229 e. The number of hydrogen-bond donors (Lipinski definition) is 9. The van der Waals surface area contributed by atoms with Crippen LogP contribution in [0.5, 0.6) is 23.0 Å². The Morgan fingerprint density at radius 1 is 0.738 bits per heavy atom. The zero-order chi connectivity index (χ0) is 30.5. The highest BCUT2D eigenvalue weighted by Crippen LogP contribution is 2.35. The smallest absolute Gasteiger partial charge is 0.229 e. The topological polar surface area (TPSA) is 249 Å². The summed E-state index contributed by atoms with van der Waals surface area (Å²) in [5.41, 5.74) is -0.541. The van der Waals surface area contributed by atoms with Crippen LogP contribution in [0, 0.1) is 0 Å². The Morgan fingerprint density at radius 3 is 2.14 bits per heavy atom. The van der Waals surface area contributed by atoms with E-state index in [4.69, 9.17) is 23.4 Å². The van der Waals surface area contributed by atoms with Crippen LogP contribution in [0.3, 0.4) is 0 Å². The van der Waals surface area contributed by atoms with Crippen LogP contribution in [-0.4, -0.2) is 114 Å². The zero-order valence-electron chi connectivity index (χ0n) is 21.9. The number of phenols is 3. The van der Waals surface area contributed by atoms with Crippen molar-refractivity contribution in [2.75, 3.05) is 6.61 Å². The summed E-state index contributed by atoms with van der Waals surface area (Å²) >= 11 is 0. The lowest BCUT2D eigenvalue weighted by Gasteiger charge is -2.42. The number of phenolic OH excluding ortho intramolecular Hbond substituents is 3. The minimum Gasteiger partial charge on any atom is -0.507 e. The van der Waals surface area contributed by atoms with Gasteiger partial charge in [0.05, 0.1) is 12.7 Å². The Kier molecular flexibility index (Phi) is 8.30. The SMILES string of the molecule is CC1O[C@@H](OC[C@H]2O[C@@H](Oc3cc(O)c4c(=O)cc(-c5ccc(O)c(O)c5)oc4c3)C(O)[C@@H](O)[C@@H]2O)[C@@H](O)C(O)[C@H]1O. The first-order chi connectivity index (χ1) is 19.8. The fourth-order valence-corrected chi connectivity index (χ4v) is 4.76. The number of benzene rings is 2. The highest BCUT2D eigenvalue weighted by molar-refractivity contribution is 5.86. The van der Waals surface area contributed by atoms with Gasteiger partial charge in [-0.3, -0.25) is 4.79 Å². The zero-order valence-corrected chi connectivity index (χ0v) is 21.9. The number of aromatic hydroxyl groups is 3. The van der Waals surface area contributed by atoms with Gasteiger partial charge in [0, 0.05) is 23.8 Å². The van der Waals surface area contributed by atoms with Gasteiger partial charge in [0.15, 0.2) is 23.2 Å². The normalized spacial score (nSPS) is 33.5. The lowest BCUT2D eigenvalue weighted by atomic mass is 9.98. The molecule has 3 aromatic rings. The predicted octanol–water partition coefficient (Wildman–Crippen LogP) is -1.39. The van der Waals surface area contributed by atoms with Crippen molar-refractivity contribution in [3.8, 4) is 34.3 Å². The molecule has 0 bridgehead atoms. The van der Waals surface area contributed by atoms with E-state index >= 15 is 0 Å². The van der Waals surface area contributed by atoms with Crippen molar-refractivity contribution in [3.05, 3.63) is 46.6 Å². The van der Waals surface area contributed by atoms with Crippen molar-refractivity contribution < 1.29 is 69.3 Å². The summed E-state index contributed by atoms with van der Waals surface area (Å²) in [6, 6.07) is 7.09. The van der Waals surface area contributed by atoms with Gasteiger partial charge >= 0.3 is 0 Å².